The molecule has 0 spiro atoms. The Labute approximate surface area is 129 Å². The van der Waals surface area contributed by atoms with Gasteiger partial charge in [0.25, 0.3) is 0 Å². The summed E-state index contributed by atoms with van der Waals surface area (Å²) in [7, 11) is 3.07. The first-order valence-corrected chi connectivity index (χ1v) is 6.86. The molecule has 0 aromatic heterocycles. The van der Waals surface area contributed by atoms with Gasteiger partial charge in [-0.25, -0.2) is 4.39 Å². The van der Waals surface area contributed by atoms with Crippen LogP contribution >= 0.6 is 0 Å². The zero-order valence-electron chi connectivity index (χ0n) is 13.0. The first-order chi connectivity index (χ1) is 10.6. The Kier molecular flexibility index (Phi) is 5.04. The van der Waals surface area contributed by atoms with E-state index in [9.17, 15) is 4.39 Å². The Morgan fingerprint density at radius 3 is 2.36 bits per heavy atom. The van der Waals surface area contributed by atoms with Crippen LogP contribution in [0.2, 0.25) is 0 Å². The molecule has 2 aromatic rings. The second kappa shape index (κ2) is 6.98. The van der Waals surface area contributed by atoms with Crippen molar-refractivity contribution in [2.75, 3.05) is 14.2 Å². The molecule has 2 aromatic carbocycles. The van der Waals surface area contributed by atoms with Gasteiger partial charge in [-0.1, -0.05) is 18.7 Å². The van der Waals surface area contributed by atoms with Crippen LogP contribution in [0, 0.1) is 12.7 Å². The van der Waals surface area contributed by atoms with Gasteiger partial charge in [0.05, 0.1) is 19.8 Å². The highest BCUT2D eigenvalue weighted by molar-refractivity contribution is 5.53. The van der Waals surface area contributed by atoms with Crippen LogP contribution in [0.15, 0.2) is 36.9 Å². The highest BCUT2D eigenvalue weighted by atomic mass is 19.1. The molecule has 0 amide bonds. The predicted octanol–water partition coefficient (Wildman–Crippen LogP) is 4.37. The van der Waals surface area contributed by atoms with E-state index in [-0.39, 0.29) is 12.4 Å². The number of methoxy groups -OCH3 is 2. The molecule has 22 heavy (non-hydrogen) atoms. The van der Waals surface area contributed by atoms with E-state index in [1.54, 1.807) is 25.3 Å². The average molecular weight is 302 g/mol. The maximum Gasteiger partial charge on any atom is 0.161 e. The van der Waals surface area contributed by atoms with Crippen molar-refractivity contribution in [3.8, 4) is 17.2 Å². The van der Waals surface area contributed by atoms with Gasteiger partial charge in [-0.15, -0.1) is 0 Å². The van der Waals surface area contributed by atoms with Gasteiger partial charge < -0.3 is 14.2 Å². The summed E-state index contributed by atoms with van der Waals surface area (Å²) in [6.45, 7) is 5.60. The fourth-order valence-corrected chi connectivity index (χ4v) is 2.15. The third-order valence-corrected chi connectivity index (χ3v) is 3.36. The summed E-state index contributed by atoms with van der Waals surface area (Å²) in [6.07, 6.45) is 1.46. The van der Waals surface area contributed by atoms with Crippen LogP contribution in [0.5, 0.6) is 17.2 Å². The highest BCUT2D eigenvalue weighted by Crippen LogP contribution is 2.31. The average Bonchev–Trinajstić information content (AvgIpc) is 2.54. The molecule has 0 saturated carbocycles. The molecule has 0 unspecified atom stereocenters. The number of hydrogen-bond donors (Lipinski definition) is 0. The molecule has 0 aliphatic carbocycles. The maximum absolute atomic E-state index is 14.4. The van der Waals surface area contributed by atoms with Crippen molar-refractivity contribution in [1.82, 2.24) is 0 Å². The lowest BCUT2D eigenvalue weighted by atomic mass is 10.1. The summed E-state index contributed by atoms with van der Waals surface area (Å²) < 4.78 is 30.6. The summed E-state index contributed by atoms with van der Waals surface area (Å²) in [5.74, 6) is 1.22. The van der Waals surface area contributed by atoms with Crippen LogP contribution in [0.1, 0.15) is 16.7 Å². The van der Waals surface area contributed by atoms with Gasteiger partial charge in [0.1, 0.15) is 18.2 Å². The molecule has 0 heterocycles. The quantitative estimate of drug-likeness (QED) is 0.793. The molecule has 0 fully saturated rings. The molecular weight excluding hydrogens is 283 g/mol. The molecule has 4 heteroatoms. The van der Waals surface area contributed by atoms with E-state index in [1.165, 1.54) is 13.2 Å². The van der Waals surface area contributed by atoms with Gasteiger partial charge in [0, 0.05) is 5.56 Å². The fraction of sp³-hybridized carbons (Fsp3) is 0.222. The zero-order chi connectivity index (χ0) is 16.1. The Morgan fingerprint density at radius 2 is 1.73 bits per heavy atom. The SMILES string of the molecule is C=Cc1ccc(OC)c(COc2ccc(C)cc2OC)c1F. The molecule has 3 nitrogen and oxygen atoms in total. The van der Waals surface area contributed by atoms with Crippen molar-refractivity contribution >= 4 is 6.08 Å². The van der Waals surface area contributed by atoms with E-state index in [0.717, 1.165) is 5.56 Å². The monoisotopic (exact) mass is 302 g/mol. The molecule has 0 aliphatic rings. The standard InChI is InChI=1S/C18H19FO3/c1-5-13-7-9-15(20-3)14(18(13)19)11-22-16-8-6-12(2)10-17(16)21-4/h5-10H,1,11H2,2-4H3. The van der Waals surface area contributed by atoms with Crippen molar-refractivity contribution in [1.29, 1.82) is 0 Å². The molecule has 0 aliphatic heterocycles. The number of hydrogen-bond acceptors (Lipinski definition) is 3. The lowest BCUT2D eigenvalue weighted by Gasteiger charge is -2.14. The number of ether oxygens (including phenoxy) is 3. The molecule has 0 radical (unpaired) electrons. The predicted molar refractivity (Wildman–Crippen MR) is 85.1 cm³/mol. The minimum Gasteiger partial charge on any atom is -0.496 e. The van der Waals surface area contributed by atoms with Crippen molar-refractivity contribution in [3.63, 3.8) is 0 Å². The Balaban J connectivity index is 2.30. The van der Waals surface area contributed by atoms with Gasteiger partial charge in [-0.05, 0) is 36.8 Å². The van der Waals surface area contributed by atoms with Crippen LogP contribution in [-0.2, 0) is 6.61 Å². The van der Waals surface area contributed by atoms with Crippen molar-refractivity contribution in [2.24, 2.45) is 0 Å². The van der Waals surface area contributed by atoms with E-state index >= 15 is 0 Å². The number of benzene rings is 2. The van der Waals surface area contributed by atoms with Crippen LogP contribution in [-0.4, -0.2) is 14.2 Å². The van der Waals surface area contributed by atoms with Gasteiger partial charge >= 0.3 is 0 Å². The molecule has 0 bridgehead atoms. The third-order valence-electron chi connectivity index (χ3n) is 3.36. The summed E-state index contributed by atoms with van der Waals surface area (Å²) in [5, 5.41) is 0. The van der Waals surface area contributed by atoms with E-state index < -0.39 is 0 Å². The van der Waals surface area contributed by atoms with Gasteiger partial charge in [0.2, 0.25) is 0 Å². The molecule has 0 N–H and O–H groups in total. The first-order valence-electron chi connectivity index (χ1n) is 6.86. The maximum atomic E-state index is 14.4. The van der Waals surface area contributed by atoms with Crippen LogP contribution < -0.4 is 14.2 Å². The summed E-state index contributed by atoms with van der Waals surface area (Å²) in [4.78, 5) is 0. The van der Waals surface area contributed by atoms with E-state index in [1.807, 2.05) is 19.1 Å². The van der Waals surface area contributed by atoms with Gasteiger partial charge in [0.15, 0.2) is 11.5 Å². The molecule has 0 atom stereocenters. The number of rotatable bonds is 6. The Morgan fingerprint density at radius 1 is 1.05 bits per heavy atom. The van der Waals surface area contributed by atoms with Crippen LogP contribution in [0.3, 0.4) is 0 Å². The van der Waals surface area contributed by atoms with Crippen molar-refractivity contribution < 1.29 is 18.6 Å². The Hall–Kier alpha value is -2.49. The Bertz CT molecular complexity index is 680. The molecular formula is C18H19FO3. The lowest BCUT2D eigenvalue weighted by molar-refractivity contribution is 0.272. The zero-order valence-corrected chi connectivity index (χ0v) is 13.0. The smallest absolute Gasteiger partial charge is 0.161 e. The summed E-state index contributed by atoms with van der Waals surface area (Å²) in [6, 6.07) is 8.90. The molecule has 2 rings (SSSR count). The van der Waals surface area contributed by atoms with Crippen molar-refractivity contribution in [3.05, 3.63) is 59.4 Å². The van der Waals surface area contributed by atoms with Crippen molar-refractivity contribution in [2.45, 2.75) is 13.5 Å². The first kappa shape index (κ1) is 15.9. The van der Waals surface area contributed by atoms with Gasteiger partial charge in [-0.2, -0.15) is 0 Å². The van der Waals surface area contributed by atoms with E-state index in [4.69, 9.17) is 14.2 Å². The minimum absolute atomic E-state index is 0.0378. The molecule has 116 valence electrons. The number of aryl methyl sites for hydroxylation is 1. The molecule has 0 saturated heterocycles. The van der Waals surface area contributed by atoms with Crippen LogP contribution in [0.4, 0.5) is 4.39 Å². The van der Waals surface area contributed by atoms with E-state index in [2.05, 4.69) is 6.58 Å². The topological polar surface area (TPSA) is 27.7 Å². The lowest BCUT2D eigenvalue weighted by Crippen LogP contribution is -2.04. The summed E-state index contributed by atoms with van der Waals surface area (Å²) in [5.41, 5.74) is 1.82. The highest BCUT2D eigenvalue weighted by Gasteiger charge is 2.14. The van der Waals surface area contributed by atoms with Gasteiger partial charge in [-0.3, -0.25) is 0 Å². The second-order valence-electron chi connectivity index (χ2n) is 4.80. The largest absolute Gasteiger partial charge is 0.496 e. The normalized spacial score (nSPS) is 10.2. The number of halogens is 1. The fourth-order valence-electron chi connectivity index (χ4n) is 2.15. The van der Waals surface area contributed by atoms with E-state index in [0.29, 0.717) is 28.4 Å². The minimum atomic E-state index is -0.388. The summed E-state index contributed by atoms with van der Waals surface area (Å²) >= 11 is 0. The third kappa shape index (κ3) is 3.22. The van der Waals surface area contributed by atoms with Crippen LogP contribution in [0.25, 0.3) is 6.08 Å². The second-order valence-corrected chi connectivity index (χ2v) is 4.80.